The average Bonchev–Trinajstić information content (AvgIpc) is 2.69. The third-order valence-corrected chi connectivity index (χ3v) is 8.56. The molecule has 0 saturated heterocycles. The van der Waals surface area contributed by atoms with E-state index in [4.69, 9.17) is 4.74 Å². The lowest BCUT2D eigenvalue weighted by Crippen LogP contribution is -2.75. The molecule has 15 heteroatoms. The fraction of sp³-hybridized carbons (Fsp3) is 1.00. The minimum absolute atomic E-state index is 0.404. The SMILES string of the molecule is CCC(C)OCCOC(C1C2CC3CC1CC(C(O)(C(F)(F)F)C(F)(F)F)(C3)C2)(C(F)(F)F)C(F)(F)F. The summed E-state index contributed by atoms with van der Waals surface area (Å²) in [6.45, 7) is 1.40. The first-order valence-corrected chi connectivity index (χ1v) is 11.8. The van der Waals surface area contributed by atoms with Crippen LogP contribution in [0, 0.1) is 29.1 Å². The van der Waals surface area contributed by atoms with Crippen LogP contribution < -0.4 is 0 Å². The van der Waals surface area contributed by atoms with Crippen molar-refractivity contribution in [1.29, 1.82) is 0 Å². The highest BCUT2D eigenvalue weighted by Crippen LogP contribution is 2.73. The fourth-order valence-corrected chi connectivity index (χ4v) is 7.26. The van der Waals surface area contributed by atoms with E-state index >= 15 is 0 Å². The van der Waals surface area contributed by atoms with Gasteiger partial charge in [0, 0.05) is 11.3 Å². The van der Waals surface area contributed by atoms with Crippen molar-refractivity contribution in [3.63, 3.8) is 0 Å². The van der Waals surface area contributed by atoms with Crippen LogP contribution in [0.5, 0.6) is 0 Å². The van der Waals surface area contributed by atoms with E-state index in [9.17, 15) is 57.8 Å². The van der Waals surface area contributed by atoms with Gasteiger partial charge in [-0.2, -0.15) is 52.7 Å². The van der Waals surface area contributed by atoms with E-state index in [1.165, 1.54) is 6.92 Å². The summed E-state index contributed by atoms with van der Waals surface area (Å²) < 4.78 is 178. The second-order valence-electron chi connectivity index (χ2n) is 10.7. The lowest BCUT2D eigenvalue weighted by molar-refractivity contribution is -0.439. The van der Waals surface area contributed by atoms with Crippen LogP contribution in [0.4, 0.5) is 52.7 Å². The van der Waals surface area contributed by atoms with Crippen molar-refractivity contribution in [2.24, 2.45) is 29.1 Å². The molecule has 3 nitrogen and oxygen atoms in total. The Balaban J connectivity index is 2.06. The quantitative estimate of drug-likeness (QED) is 0.254. The molecule has 0 aromatic heterocycles. The summed E-state index contributed by atoms with van der Waals surface area (Å²) in [5.74, 6) is -7.17. The van der Waals surface area contributed by atoms with Crippen LogP contribution in [0.1, 0.15) is 52.4 Å². The number of hydrogen-bond acceptors (Lipinski definition) is 3. The lowest BCUT2D eigenvalue weighted by Gasteiger charge is -2.66. The number of aliphatic hydroxyl groups is 1. The number of alkyl halides is 12. The maximum absolute atomic E-state index is 14.3. The Labute approximate surface area is 204 Å². The van der Waals surface area contributed by atoms with E-state index in [-0.39, 0.29) is 0 Å². The molecule has 3 unspecified atom stereocenters. The van der Waals surface area contributed by atoms with Gasteiger partial charge in [0.2, 0.25) is 0 Å². The van der Waals surface area contributed by atoms with Gasteiger partial charge >= 0.3 is 24.7 Å². The molecule has 4 bridgehead atoms. The van der Waals surface area contributed by atoms with E-state index in [2.05, 4.69) is 4.74 Å². The van der Waals surface area contributed by atoms with Crippen molar-refractivity contribution >= 4 is 0 Å². The van der Waals surface area contributed by atoms with Gasteiger partial charge in [-0.1, -0.05) is 6.92 Å². The standard InChI is InChI=1S/C22H28F12O3/c1-3-11(2)36-4-5-37-17(19(23,24)25,20(26,27)28)15-13-6-12-7-14(15)10-16(8-12,9-13)18(35,21(29,30)31)22(32,33)34/h11-15,35H,3-10H2,1-2H3. The molecule has 0 radical (unpaired) electrons. The third-order valence-electron chi connectivity index (χ3n) is 8.56. The maximum atomic E-state index is 14.3. The Morgan fingerprint density at radius 1 is 0.757 bits per heavy atom. The number of rotatable bonds is 8. The largest absolute Gasteiger partial charge is 0.426 e. The highest BCUT2D eigenvalue weighted by Gasteiger charge is 2.85. The first-order chi connectivity index (χ1) is 16.6. The molecule has 0 amide bonds. The first kappa shape index (κ1) is 30.6. The van der Waals surface area contributed by atoms with E-state index < -0.39 is 116 Å². The molecule has 37 heavy (non-hydrogen) atoms. The monoisotopic (exact) mass is 568 g/mol. The van der Waals surface area contributed by atoms with Crippen LogP contribution in [-0.4, -0.2) is 60.3 Å². The summed E-state index contributed by atoms with van der Waals surface area (Å²) in [7, 11) is 0. The highest BCUT2D eigenvalue weighted by molar-refractivity contribution is 5.20. The first-order valence-electron chi connectivity index (χ1n) is 11.8. The molecule has 218 valence electrons. The highest BCUT2D eigenvalue weighted by atomic mass is 19.4. The predicted octanol–water partition coefficient (Wildman–Crippen LogP) is 6.98. The van der Waals surface area contributed by atoms with Crippen LogP contribution in [0.25, 0.3) is 0 Å². The molecular weight excluding hydrogens is 540 g/mol. The maximum Gasteiger partial charge on any atom is 0.426 e. The van der Waals surface area contributed by atoms with Crippen molar-refractivity contribution in [3.05, 3.63) is 0 Å². The van der Waals surface area contributed by atoms with E-state index in [1.807, 2.05) is 0 Å². The Morgan fingerprint density at radius 2 is 1.22 bits per heavy atom. The van der Waals surface area contributed by atoms with E-state index in [0.717, 1.165) is 0 Å². The molecule has 4 aliphatic carbocycles. The van der Waals surface area contributed by atoms with Crippen LogP contribution >= 0.6 is 0 Å². The molecule has 0 spiro atoms. The Bertz CT molecular complexity index is 772. The predicted molar refractivity (Wildman–Crippen MR) is 103 cm³/mol. The summed E-state index contributed by atoms with van der Waals surface area (Å²) >= 11 is 0. The van der Waals surface area contributed by atoms with Crippen molar-refractivity contribution in [2.45, 2.75) is 94.4 Å². The van der Waals surface area contributed by atoms with Crippen molar-refractivity contribution in [2.75, 3.05) is 13.2 Å². The molecule has 1 N–H and O–H groups in total. The van der Waals surface area contributed by atoms with Gasteiger partial charge in [-0.3, -0.25) is 0 Å². The second-order valence-corrected chi connectivity index (χ2v) is 10.7. The summed E-state index contributed by atoms with van der Waals surface area (Å²) in [4.78, 5) is 0. The smallest absolute Gasteiger partial charge is 0.376 e. The third kappa shape index (κ3) is 4.62. The second kappa shape index (κ2) is 9.31. The lowest BCUT2D eigenvalue weighted by atomic mass is 9.40. The molecule has 3 atom stereocenters. The van der Waals surface area contributed by atoms with Crippen LogP contribution in [0.3, 0.4) is 0 Å². The molecule has 0 aromatic rings. The molecule has 4 saturated carbocycles. The van der Waals surface area contributed by atoms with Gasteiger partial charge < -0.3 is 14.6 Å². The van der Waals surface area contributed by atoms with Gasteiger partial charge in [0.05, 0.1) is 19.3 Å². The minimum atomic E-state index is -6.25. The van der Waals surface area contributed by atoms with Gasteiger partial charge in [-0.05, 0) is 63.2 Å². The summed E-state index contributed by atoms with van der Waals surface area (Å²) in [5, 5.41) is 10.2. The number of hydrogen-bond donors (Lipinski definition) is 1. The number of ether oxygens (including phenoxy) is 2. The van der Waals surface area contributed by atoms with E-state index in [1.54, 1.807) is 6.92 Å². The molecule has 4 fully saturated rings. The normalized spacial score (nSPS) is 32.2. The molecule has 4 aliphatic rings. The Kier molecular flexibility index (Phi) is 7.69. The fourth-order valence-electron chi connectivity index (χ4n) is 7.26. The van der Waals surface area contributed by atoms with Crippen LogP contribution in [-0.2, 0) is 9.47 Å². The zero-order valence-corrected chi connectivity index (χ0v) is 19.8. The molecule has 0 aliphatic heterocycles. The average molecular weight is 568 g/mol. The van der Waals surface area contributed by atoms with Crippen LogP contribution in [0.2, 0.25) is 0 Å². The number of halogens is 12. The van der Waals surface area contributed by atoms with Crippen molar-refractivity contribution in [3.8, 4) is 0 Å². The summed E-state index contributed by atoms with van der Waals surface area (Å²) in [6.07, 6.45) is -29.1. The zero-order valence-electron chi connectivity index (χ0n) is 19.8. The molecule has 4 rings (SSSR count). The van der Waals surface area contributed by atoms with Gasteiger partial charge in [0.1, 0.15) is 0 Å². The van der Waals surface area contributed by atoms with Crippen molar-refractivity contribution < 1.29 is 67.3 Å². The van der Waals surface area contributed by atoms with Gasteiger partial charge in [-0.25, -0.2) is 0 Å². The molecule has 0 aromatic carbocycles. The van der Waals surface area contributed by atoms with Crippen molar-refractivity contribution in [1.82, 2.24) is 0 Å². The zero-order chi connectivity index (χ0) is 28.5. The van der Waals surface area contributed by atoms with Gasteiger partial charge in [0.25, 0.3) is 11.2 Å². The summed E-state index contributed by atoms with van der Waals surface area (Å²) in [5.41, 5.74) is -13.1. The van der Waals surface area contributed by atoms with Crippen LogP contribution in [0.15, 0.2) is 0 Å². The Morgan fingerprint density at radius 3 is 1.59 bits per heavy atom. The minimum Gasteiger partial charge on any atom is -0.376 e. The summed E-state index contributed by atoms with van der Waals surface area (Å²) in [6, 6.07) is 0. The molecular formula is C22H28F12O3. The Hall–Kier alpha value is -0.960. The van der Waals surface area contributed by atoms with E-state index in [0.29, 0.717) is 6.42 Å². The van der Waals surface area contributed by atoms with Gasteiger partial charge in [0.15, 0.2) is 0 Å². The molecule has 0 heterocycles. The topological polar surface area (TPSA) is 38.7 Å². The van der Waals surface area contributed by atoms with Gasteiger partial charge in [-0.15, -0.1) is 0 Å².